The van der Waals surface area contributed by atoms with Crippen LogP contribution in [0.5, 0.6) is 0 Å². The lowest BCUT2D eigenvalue weighted by molar-refractivity contribution is -0.388. The minimum Gasteiger partial charge on any atom is -0.394 e. The number of aliphatic hydroxyl groups excluding tert-OH is 21. The Balaban J connectivity index is 1.11. The second-order valence-corrected chi connectivity index (χ2v) is 26.1. The molecule has 0 unspecified atom stereocenters. The van der Waals surface area contributed by atoms with E-state index >= 15 is 0 Å². The van der Waals surface area contributed by atoms with Crippen molar-refractivity contribution in [2.45, 2.75) is 280 Å². The molecule has 5 amide bonds. The van der Waals surface area contributed by atoms with Crippen LogP contribution in [0, 0.1) is 0 Å². The molecular weight excluding hydrogens is 1420 g/mol. The largest absolute Gasteiger partial charge is 0.394 e. The van der Waals surface area contributed by atoms with Crippen LogP contribution in [0.3, 0.4) is 0 Å². The summed E-state index contributed by atoms with van der Waals surface area (Å²) in [7, 11) is 0. The fraction of sp³-hybridized carbons (Fsp3) is 0.914. The van der Waals surface area contributed by atoms with Gasteiger partial charge in [-0.2, -0.15) is 0 Å². The monoisotopic (exact) mass is 1520 g/mol. The minimum absolute atomic E-state index is 0.780. The van der Waals surface area contributed by atoms with Crippen LogP contribution in [0.2, 0.25) is 0 Å². The van der Waals surface area contributed by atoms with Crippen LogP contribution in [0.15, 0.2) is 0 Å². The molecule has 46 nitrogen and oxygen atoms in total. The average molecular weight is 1520 g/mol. The summed E-state index contributed by atoms with van der Waals surface area (Å²) in [5.74, 6) is -4.29. The van der Waals surface area contributed by atoms with Gasteiger partial charge in [0.05, 0.1) is 52.9 Å². The first-order valence-corrected chi connectivity index (χ1v) is 33.1. The fourth-order valence-electron chi connectivity index (χ4n) is 13.3. The highest BCUT2D eigenvalue weighted by Crippen LogP contribution is 2.39. The van der Waals surface area contributed by atoms with E-state index < -0.39 is 328 Å². The second-order valence-electron chi connectivity index (χ2n) is 26.1. The molecule has 8 fully saturated rings. The van der Waals surface area contributed by atoms with Gasteiger partial charge in [0, 0.05) is 34.6 Å². The molecule has 0 radical (unpaired) electrons. The van der Waals surface area contributed by atoms with Crippen LogP contribution in [0.1, 0.15) is 34.6 Å². The van der Waals surface area contributed by atoms with Crippen molar-refractivity contribution in [1.82, 2.24) is 26.6 Å². The Morgan fingerprint density at radius 1 is 0.250 bits per heavy atom. The summed E-state index contributed by atoms with van der Waals surface area (Å²) in [6.07, 6.45) is -70.1. The summed E-state index contributed by atoms with van der Waals surface area (Å²) in [6.45, 7) is -3.15. The van der Waals surface area contributed by atoms with Crippen molar-refractivity contribution < 1.29 is 202 Å². The number of nitrogens with one attached hydrogen (secondary N) is 5. The standard InChI is InChI=1S/C58H97N5O41/c1-14(70)59-27-39(82)46(22(9-67)92-51(27)89)101-57-44(87)49(35(78)25(98-57)12-90-52-28(60-15(2)71)37(80)32(75)19(6-64)93-52)103-55-31(63-18(5)74)41(84)48(24(11-69)97-55)102-58-45(88)50(36(79)26(99-58)13-91-53-29(61-16(3)72)38(81)33(76)20(7-65)94-53)104-54-30(62-17(4)73)40(83)47(23(10-68)96-54)100-56-43(86)42(85)34(77)21(8-66)95-56/h19-58,64-69,75-89H,6-13H2,1-5H3,(H,59,70)(H,60,71)(H,61,72)(H,62,73)(H,63,74)/t19-,20-,21-,22-,23-,24-,25-,26-,27-,28-,29-,30-,31-,32-,33-,34+,35+,36+,37-,38-,39-,40-,41-,42+,43-,44-,45-,46-,47-,48-,49+,50+,51-,52-,53-,54+,55+,56+,57+,58+/m1/s1. The molecule has 0 aliphatic carbocycles. The number of ether oxygens (including phenoxy) is 15. The second kappa shape index (κ2) is 37.5. The molecule has 40 atom stereocenters. The number of hydrogen-bond donors (Lipinski definition) is 26. The Kier molecular flexibility index (Phi) is 30.9. The smallest absolute Gasteiger partial charge is 0.217 e. The summed E-state index contributed by atoms with van der Waals surface area (Å²) in [4.78, 5) is 63.0. The zero-order valence-corrected chi connectivity index (χ0v) is 56.3. The molecule has 0 saturated carbocycles. The summed E-state index contributed by atoms with van der Waals surface area (Å²) in [6, 6.07) is -8.85. The number of carbonyl (C=O) groups excluding carboxylic acids is 5. The van der Waals surface area contributed by atoms with Gasteiger partial charge in [-0.15, -0.1) is 0 Å². The van der Waals surface area contributed by atoms with Gasteiger partial charge in [-0.1, -0.05) is 0 Å². The summed E-state index contributed by atoms with van der Waals surface area (Å²) < 4.78 is 88.6. The number of amides is 5. The van der Waals surface area contributed by atoms with E-state index in [1.54, 1.807) is 0 Å². The van der Waals surface area contributed by atoms with Gasteiger partial charge in [-0.25, -0.2) is 0 Å². The Hall–Kier alpha value is -4.09. The van der Waals surface area contributed by atoms with Crippen molar-refractivity contribution in [3.63, 3.8) is 0 Å². The van der Waals surface area contributed by atoms with E-state index in [-0.39, 0.29) is 0 Å². The topological polar surface area (TPSA) is 709 Å². The average Bonchev–Trinajstić information content (AvgIpc) is 0.765. The summed E-state index contributed by atoms with van der Waals surface area (Å²) in [5, 5.41) is 245. The van der Waals surface area contributed by atoms with Crippen LogP contribution in [0.25, 0.3) is 0 Å². The van der Waals surface area contributed by atoms with Crippen LogP contribution in [0.4, 0.5) is 0 Å². The van der Waals surface area contributed by atoms with Gasteiger partial charge >= 0.3 is 0 Å². The number of carbonyl (C=O) groups is 5. The molecule has 26 N–H and O–H groups in total. The molecule has 8 saturated heterocycles. The van der Waals surface area contributed by atoms with Gasteiger partial charge in [-0.05, 0) is 0 Å². The van der Waals surface area contributed by atoms with Crippen molar-refractivity contribution >= 4 is 29.5 Å². The highest BCUT2D eigenvalue weighted by molar-refractivity contribution is 5.75. The third kappa shape index (κ3) is 19.4. The van der Waals surface area contributed by atoms with Gasteiger partial charge in [-0.3, -0.25) is 24.0 Å². The lowest BCUT2D eigenvalue weighted by Gasteiger charge is -2.51. The molecular formula is C58H97N5O41. The van der Waals surface area contributed by atoms with E-state index in [1.165, 1.54) is 0 Å². The van der Waals surface area contributed by atoms with Gasteiger partial charge in [0.15, 0.2) is 50.3 Å². The van der Waals surface area contributed by atoms with E-state index in [0.29, 0.717) is 0 Å². The van der Waals surface area contributed by atoms with Gasteiger partial charge in [0.2, 0.25) is 29.5 Å². The maximum Gasteiger partial charge on any atom is 0.217 e. The number of rotatable bonds is 27. The molecule has 600 valence electrons. The molecule has 0 aromatic rings. The lowest BCUT2D eigenvalue weighted by Crippen LogP contribution is -2.71. The lowest BCUT2D eigenvalue weighted by atomic mass is 9.93. The summed E-state index contributed by atoms with van der Waals surface area (Å²) in [5.41, 5.74) is 0. The first kappa shape index (κ1) is 85.5. The molecule has 0 bridgehead atoms. The number of aliphatic hydroxyl groups is 21. The minimum atomic E-state index is -2.45. The van der Waals surface area contributed by atoms with E-state index in [4.69, 9.17) is 71.1 Å². The van der Waals surface area contributed by atoms with Crippen molar-refractivity contribution in [2.75, 3.05) is 52.9 Å². The van der Waals surface area contributed by atoms with Crippen LogP contribution >= 0.6 is 0 Å². The highest BCUT2D eigenvalue weighted by atomic mass is 16.8. The van der Waals surface area contributed by atoms with Gasteiger partial charge < -0.3 is 205 Å². The van der Waals surface area contributed by atoms with Crippen molar-refractivity contribution in [2.24, 2.45) is 0 Å². The number of hydrogen-bond acceptors (Lipinski definition) is 41. The van der Waals surface area contributed by atoms with E-state index in [1.807, 2.05) is 0 Å². The molecule has 8 aliphatic heterocycles. The van der Waals surface area contributed by atoms with E-state index in [0.717, 1.165) is 34.6 Å². The molecule has 0 aromatic carbocycles. The molecule has 8 rings (SSSR count). The first-order chi connectivity index (χ1) is 49.1. The van der Waals surface area contributed by atoms with Crippen LogP contribution < -0.4 is 26.6 Å². The molecule has 0 spiro atoms. The Bertz CT molecular complexity index is 2770. The first-order valence-electron chi connectivity index (χ1n) is 33.1. The van der Waals surface area contributed by atoms with Gasteiger partial charge in [0.25, 0.3) is 0 Å². The summed E-state index contributed by atoms with van der Waals surface area (Å²) >= 11 is 0. The van der Waals surface area contributed by atoms with Gasteiger partial charge in [0.1, 0.15) is 195 Å². The SMILES string of the molecule is CC(=O)N[C@@H]1[C@@H](O)[C@H](O[C@@H]2O[C@H](CO[C@@H]3O[C@H](CO)[C@@H](O)[C@H](O)[C@H]3NC(C)=O)[C@H](O)[C@H](O[C@@H]3O[C@H](CO)[C@@H](O[C@@H]4O[C@H](CO[C@@H]5O[C@H](CO)[C@@H](O)[C@H](O)[C@H]5NC(C)=O)[C@H](O)[C@H](O[C@@H]5O[C@H](CO)[C@@H](O[C@@H]6O[C@H](CO)[C@H](O)[C@H](O)[C@H]6O)[C@H](O)[C@H]5NC(C)=O)[C@H]4O)[C@H](O)[C@H]3NC(C)=O)[C@H]2O)[C@@H](CO)O[C@H]1O. The van der Waals surface area contributed by atoms with Crippen LogP contribution in [-0.2, 0) is 95.0 Å². The fourth-order valence-corrected chi connectivity index (χ4v) is 13.3. The van der Waals surface area contributed by atoms with Crippen LogP contribution in [-0.4, -0.2) is 435 Å². The third-order valence-electron chi connectivity index (χ3n) is 18.6. The molecule has 8 heterocycles. The maximum atomic E-state index is 13.2. The van der Waals surface area contributed by atoms with Crippen molar-refractivity contribution in [3.05, 3.63) is 0 Å². The molecule has 104 heavy (non-hydrogen) atoms. The van der Waals surface area contributed by atoms with Crippen molar-refractivity contribution in [3.8, 4) is 0 Å². The molecule has 46 heteroatoms. The Morgan fingerprint density at radius 2 is 0.500 bits per heavy atom. The zero-order chi connectivity index (χ0) is 76.8. The predicted octanol–water partition coefficient (Wildman–Crippen LogP) is -17.7. The zero-order valence-electron chi connectivity index (χ0n) is 56.3. The van der Waals surface area contributed by atoms with Crippen molar-refractivity contribution in [1.29, 1.82) is 0 Å². The Labute approximate surface area is 589 Å². The molecule has 0 aromatic heterocycles. The van der Waals surface area contributed by atoms with E-state index in [9.17, 15) is 131 Å². The quantitative estimate of drug-likeness (QED) is 0.0363. The Morgan fingerprint density at radius 3 is 0.827 bits per heavy atom. The molecule has 8 aliphatic rings. The highest BCUT2D eigenvalue weighted by Gasteiger charge is 2.60. The van der Waals surface area contributed by atoms with E-state index in [2.05, 4.69) is 26.6 Å². The normalized spacial score (nSPS) is 47.2. The predicted molar refractivity (Wildman–Crippen MR) is 322 cm³/mol. The third-order valence-corrected chi connectivity index (χ3v) is 18.6. The maximum absolute atomic E-state index is 13.2.